The van der Waals surface area contributed by atoms with E-state index in [9.17, 15) is 14.7 Å². The van der Waals surface area contributed by atoms with E-state index >= 15 is 0 Å². The summed E-state index contributed by atoms with van der Waals surface area (Å²) < 4.78 is 0. The van der Waals surface area contributed by atoms with E-state index in [1.807, 2.05) is 24.3 Å². The first-order valence-electron chi connectivity index (χ1n) is 8.80. The number of fused-ring (bicyclic) bond motifs is 1. The molecule has 0 aromatic heterocycles. The van der Waals surface area contributed by atoms with Crippen LogP contribution >= 0.6 is 0 Å². The molecule has 1 aliphatic carbocycles. The summed E-state index contributed by atoms with van der Waals surface area (Å²) in [6, 6.07) is 19.5. The minimum atomic E-state index is -0.957. The van der Waals surface area contributed by atoms with Crippen LogP contribution in [0.25, 0.3) is 11.1 Å². The quantitative estimate of drug-likeness (QED) is 0.727. The van der Waals surface area contributed by atoms with E-state index in [1.165, 1.54) is 0 Å². The Balaban J connectivity index is 1.62. The van der Waals surface area contributed by atoms with Gasteiger partial charge < -0.3 is 10.2 Å². The van der Waals surface area contributed by atoms with E-state index < -0.39 is 5.97 Å². The Kier molecular flexibility index (Phi) is 4.24. The first-order chi connectivity index (χ1) is 13.0. The minimum absolute atomic E-state index is 0.120. The molecule has 134 valence electrons. The number of aromatic carboxylic acids is 1. The van der Waals surface area contributed by atoms with Gasteiger partial charge in [0, 0.05) is 11.5 Å². The summed E-state index contributed by atoms with van der Waals surface area (Å²) in [4.78, 5) is 23.9. The van der Waals surface area contributed by atoms with E-state index in [0.29, 0.717) is 12.8 Å². The molecule has 1 unspecified atom stereocenters. The number of aromatic hydroxyl groups is 1. The Hall–Kier alpha value is -3.40. The number of phenolic OH excluding ortho intramolecular Hbond substituents is 1. The van der Waals surface area contributed by atoms with Crippen molar-refractivity contribution in [2.75, 3.05) is 0 Å². The van der Waals surface area contributed by atoms with Crippen LogP contribution in [0.1, 0.15) is 31.8 Å². The molecule has 4 nitrogen and oxygen atoms in total. The molecule has 0 spiro atoms. The topological polar surface area (TPSA) is 74.6 Å². The Labute approximate surface area is 156 Å². The maximum absolute atomic E-state index is 12.9. The predicted molar refractivity (Wildman–Crippen MR) is 102 cm³/mol. The molecule has 0 heterocycles. The highest BCUT2D eigenvalue weighted by atomic mass is 16.4. The number of phenols is 1. The summed E-state index contributed by atoms with van der Waals surface area (Å²) >= 11 is 0. The fourth-order valence-electron chi connectivity index (χ4n) is 3.77. The summed E-state index contributed by atoms with van der Waals surface area (Å²) in [5, 5.41) is 18.8. The zero-order valence-corrected chi connectivity index (χ0v) is 14.6. The number of hydrogen-bond donors (Lipinski definition) is 2. The summed E-state index contributed by atoms with van der Waals surface area (Å²) in [7, 11) is 0. The number of hydrogen-bond acceptors (Lipinski definition) is 3. The lowest BCUT2D eigenvalue weighted by Crippen LogP contribution is -2.12. The average Bonchev–Trinajstić information content (AvgIpc) is 2.98. The van der Waals surface area contributed by atoms with Crippen LogP contribution in [0.3, 0.4) is 0 Å². The zero-order valence-electron chi connectivity index (χ0n) is 14.6. The molecular weight excluding hydrogens is 340 g/mol. The van der Waals surface area contributed by atoms with Crippen molar-refractivity contribution >= 4 is 11.8 Å². The molecular formula is C23H18O4. The van der Waals surface area contributed by atoms with Gasteiger partial charge in [-0.2, -0.15) is 0 Å². The van der Waals surface area contributed by atoms with Crippen LogP contribution in [0.2, 0.25) is 0 Å². The molecule has 0 saturated heterocycles. The van der Waals surface area contributed by atoms with Gasteiger partial charge in [0.2, 0.25) is 0 Å². The van der Waals surface area contributed by atoms with Gasteiger partial charge in [0.05, 0.1) is 5.56 Å². The first kappa shape index (κ1) is 17.0. The lowest BCUT2D eigenvalue weighted by molar-refractivity contribution is 0.0696. The second-order valence-electron chi connectivity index (χ2n) is 6.85. The second-order valence-corrected chi connectivity index (χ2v) is 6.85. The van der Waals surface area contributed by atoms with Gasteiger partial charge in [-0.1, -0.05) is 42.5 Å². The molecule has 3 aromatic rings. The van der Waals surface area contributed by atoms with E-state index in [-0.39, 0.29) is 23.0 Å². The molecule has 0 saturated carbocycles. The molecule has 1 aliphatic rings. The fraction of sp³-hybridized carbons (Fsp3) is 0.130. The van der Waals surface area contributed by atoms with Crippen molar-refractivity contribution in [2.45, 2.75) is 12.8 Å². The first-order valence-corrected chi connectivity index (χ1v) is 8.80. The molecule has 0 aliphatic heterocycles. The normalized spacial score (nSPS) is 15.6. The van der Waals surface area contributed by atoms with Crippen LogP contribution in [0.5, 0.6) is 5.75 Å². The van der Waals surface area contributed by atoms with Gasteiger partial charge in [0.15, 0.2) is 5.78 Å². The van der Waals surface area contributed by atoms with Crippen molar-refractivity contribution < 1.29 is 19.8 Å². The third kappa shape index (κ3) is 3.22. The molecule has 4 rings (SSSR count). The monoisotopic (exact) mass is 358 g/mol. The highest BCUT2D eigenvalue weighted by Crippen LogP contribution is 2.37. The number of benzene rings is 3. The molecule has 27 heavy (non-hydrogen) atoms. The van der Waals surface area contributed by atoms with Crippen LogP contribution in [0.15, 0.2) is 66.7 Å². The van der Waals surface area contributed by atoms with Crippen molar-refractivity contribution in [2.24, 2.45) is 5.92 Å². The van der Waals surface area contributed by atoms with Gasteiger partial charge in [-0.15, -0.1) is 0 Å². The summed E-state index contributed by atoms with van der Waals surface area (Å²) in [5.74, 6) is -0.797. The number of carbonyl (C=O) groups excluding carboxylic acids is 1. The van der Waals surface area contributed by atoms with Crippen LogP contribution < -0.4 is 0 Å². The molecule has 4 heteroatoms. The van der Waals surface area contributed by atoms with Crippen molar-refractivity contribution in [1.82, 2.24) is 0 Å². The van der Waals surface area contributed by atoms with Gasteiger partial charge in [0.25, 0.3) is 0 Å². The van der Waals surface area contributed by atoms with Gasteiger partial charge in [0.1, 0.15) is 5.75 Å². The van der Waals surface area contributed by atoms with Gasteiger partial charge in [-0.25, -0.2) is 4.79 Å². The Morgan fingerprint density at radius 1 is 0.963 bits per heavy atom. The van der Waals surface area contributed by atoms with Gasteiger partial charge in [-0.3, -0.25) is 4.79 Å². The maximum atomic E-state index is 12.9. The molecule has 0 amide bonds. The van der Waals surface area contributed by atoms with Gasteiger partial charge in [-0.05, 0) is 59.4 Å². The van der Waals surface area contributed by atoms with E-state index in [4.69, 9.17) is 5.11 Å². The number of Topliss-reactive ketones (excluding diaryl/α,β-unsaturated/α-hetero) is 1. The van der Waals surface area contributed by atoms with Crippen molar-refractivity contribution in [3.8, 4) is 16.9 Å². The second kappa shape index (κ2) is 6.72. The lowest BCUT2D eigenvalue weighted by Gasteiger charge is -2.09. The number of ketones is 1. The summed E-state index contributed by atoms with van der Waals surface area (Å²) in [6.07, 6.45) is 1.22. The zero-order chi connectivity index (χ0) is 19.0. The summed E-state index contributed by atoms with van der Waals surface area (Å²) in [6.45, 7) is 0. The lowest BCUT2D eigenvalue weighted by atomic mass is 9.94. The number of rotatable bonds is 4. The highest BCUT2D eigenvalue weighted by Gasteiger charge is 2.32. The average molecular weight is 358 g/mol. The van der Waals surface area contributed by atoms with Gasteiger partial charge >= 0.3 is 5.97 Å². The smallest absolute Gasteiger partial charge is 0.335 e. The molecule has 2 N–H and O–H groups in total. The fourth-order valence-corrected chi connectivity index (χ4v) is 3.77. The van der Waals surface area contributed by atoms with E-state index in [0.717, 1.165) is 27.8 Å². The number of carbonyl (C=O) groups is 2. The maximum Gasteiger partial charge on any atom is 0.335 e. The largest absolute Gasteiger partial charge is 0.508 e. The SMILES string of the molecule is O=C(O)c1ccc(CC2Cc3c(cccc3-c3cccc(O)c3)C2=O)cc1. The van der Waals surface area contributed by atoms with Crippen LogP contribution in [0.4, 0.5) is 0 Å². The number of carboxylic acids is 1. The van der Waals surface area contributed by atoms with Crippen molar-refractivity contribution in [1.29, 1.82) is 0 Å². The van der Waals surface area contributed by atoms with Crippen molar-refractivity contribution in [3.63, 3.8) is 0 Å². The molecule has 0 fully saturated rings. The van der Waals surface area contributed by atoms with E-state index in [2.05, 4.69) is 0 Å². The molecule has 0 bridgehead atoms. The third-order valence-electron chi connectivity index (χ3n) is 5.10. The molecule has 1 atom stereocenters. The van der Waals surface area contributed by atoms with Crippen molar-refractivity contribution in [3.05, 3.63) is 89.0 Å². The standard InChI is InChI=1S/C23H18O4/c24-18-4-1-3-16(12-18)19-5-2-6-20-21(19)13-17(22(20)25)11-14-7-9-15(10-8-14)23(26)27/h1-10,12,17,24H,11,13H2,(H,26,27). The molecule has 0 radical (unpaired) electrons. The Morgan fingerprint density at radius 3 is 2.37 bits per heavy atom. The third-order valence-corrected chi connectivity index (χ3v) is 5.10. The Bertz CT molecular complexity index is 1030. The molecule has 3 aromatic carbocycles. The number of carboxylic acid groups (broad SMARTS) is 1. The predicted octanol–water partition coefficient (Wildman–Crippen LogP) is 4.36. The van der Waals surface area contributed by atoms with Crippen LogP contribution in [0, 0.1) is 5.92 Å². The van der Waals surface area contributed by atoms with E-state index in [1.54, 1.807) is 42.5 Å². The minimum Gasteiger partial charge on any atom is -0.508 e. The van der Waals surface area contributed by atoms with Crippen LogP contribution in [-0.4, -0.2) is 22.0 Å². The Morgan fingerprint density at radius 2 is 1.67 bits per heavy atom. The summed E-state index contributed by atoms with van der Waals surface area (Å²) in [5.41, 5.74) is 4.81. The highest BCUT2D eigenvalue weighted by molar-refractivity contribution is 6.04. The van der Waals surface area contributed by atoms with Crippen LogP contribution in [-0.2, 0) is 12.8 Å².